The summed E-state index contributed by atoms with van der Waals surface area (Å²) in [5.41, 5.74) is 0. The lowest BCUT2D eigenvalue weighted by Crippen LogP contribution is -2.09. The molecule has 5 heteroatoms. The van der Waals surface area contributed by atoms with Crippen LogP contribution in [0.15, 0.2) is 0 Å². The fourth-order valence-corrected chi connectivity index (χ4v) is 6.35. The van der Waals surface area contributed by atoms with Crippen LogP contribution in [-0.2, 0) is 19.1 Å². The van der Waals surface area contributed by atoms with Gasteiger partial charge in [-0.25, -0.2) is 0 Å². The molecule has 0 fully saturated rings. The van der Waals surface area contributed by atoms with Crippen molar-refractivity contribution >= 4 is 23.7 Å². The molecule has 0 radical (unpaired) electrons. The maximum Gasteiger partial charge on any atom is 0.306 e. The Morgan fingerprint density at radius 3 is 0.860 bits per heavy atom. The van der Waals surface area contributed by atoms with Crippen LogP contribution in [0.1, 0.15) is 206 Å². The maximum absolute atomic E-state index is 11.9. The first-order valence-electron chi connectivity index (χ1n) is 19.1. The third-order valence-electron chi connectivity index (χ3n) is 8.42. The maximum atomic E-state index is 11.9. The van der Waals surface area contributed by atoms with Crippen molar-refractivity contribution in [2.45, 2.75) is 206 Å². The lowest BCUT2D eigenvalue weighted by Gasteiger charge is -2.06. The highest BCUT2D eigenvalue weighted by atomic mass is 32.2. The van der Waals surface area contributed by atoms with E-state index in [4.69, 9.17) is 9.47 Å². The number of carbonyl (C=O) groups is 2. The Hall–Kier alpha value is -0.710. The van der Waals surface area contributed by atoms with Crippen molar-refractivity contribution in [1.29, 1.82) is 0 Å². The average Bonchev–Trinajstić information content (AvgIpc) is 3.00. The lowest BCUT2D eigenvalue weighted by atomic mass is 10.0. The largest absolute Gasteiger partial charge is 0.466 e. The third-order valence-corrected chi connectivity index (χ3v) is 9.41. The Bertz CT molecular complexity index is 520. The second-order valence-electron chi connectivity index (χ2n) is 12.7. The summed E-state index contributed by atoms with van der Waals surface area (Å²) < 4.78 is 10.7. The summed E-state index contributed by atoms with van der Waals surface area (Å²) in [6.07, 6.45) is 38.1. The second-order valence-corrected chi connectivity index (χ2v) is 14.0. The SMILES string of the molecule is CCCCCCCCCCCCCCCCOC(=O)CCSCCC(=O)OCCCCCCCCCCCCCCCC. The van der Waals surface area contributed by atoms with E-state index in [0.717, 1.165) is 25.7 Å². The summed E-state index contributed by atoms with van der Waals surface area (Å²) in [5, 5.41) is 0. The van der Waals surface area contributed by atoms with Gasteiger partial charge in [-0.05, 0) is 12.8 Å². The molecule has 0 heterocycles. The van der Waals surface area contributed by atoms with E-state index >= 15 is 0 Å². The van der Waals surface area contributed by atoms with Gasteiger partial charge in [0.1, 0.15) is 0 Å². The molecule has 256 valence electrons. The number of thioether (sulfide) groups is 1. The van der Waals surface area contributed by atoms with Crippen LogP contribution >= 0.6 is 11.8 Å². The number of esters is 2. The van der Waals surface area contributed by atoms with Gasteiger partial charge in [0.05, 0.1) is 26.1 Å². The van der Waals surface area contributed by atoms with Crippen LogP contribution in [0.5, 0.6) is 0 Å². The standard InChI is InChI=1S/C38H74O4S/c1-3-5-7-9-11-13-15-17-19-21-23-25-27-29-33-41-37(39)31-35-43-36-32-38(40)42-34-30-28-26-24-22-20-18-16-14-12-10-8-6-4-2/h3-36H2,1-2H3. The molecule has 0 rings (SSSR count). The minimum atomic E-state index is -0.109. The van der Waals surface area contributed by atoms with E-state index in [2.05, 4.69) is 13.8 Å². The number of carbonyl (C=O) groups excluding carboxylic acids is 2. The molecule has 0 saturated carbocycles. The number of ether oxygens (including phenoxy) is 2. The van der Waals surface area contributed by atoms with Crippen LogP contribution < -0.4 is 0 Å². The Morgan fingerprint density at radius 1 is 0.372 bits per heavy atom. The molecule has 0 unspecified atom stereocenters. The molecule has 4 nitrogen and oxygen atoms in total. The molecule has 0 aromatic heterocycles. The Morgan fingerprint density at radius 2 is 0.605 bits per heavy atom. The van der Waals surface area contributed by atoms with Crippen molar-refractivity contribution in [1.82, 2.24) is 0 Å². The molecule has 0 bridgehead atoms. The van der Waals surface area contributed by atoms with Gasteiger partial charge in [0.2, 0.25) is 0 Å². The van der Waals surface area contributed by atoms with Gasteiger partial charge in [0.25, 0.3) is 0 Å². The van der Waals surface area contributed by atoms with Crippen molar-refractivity contribution < 1.29 is 19.1 Å². The molecule has 0 atom stereocenters. The first-order valence-corrected chi connectivity index (χ1v) is 20.2. The summed E-state index contributed by atoms with van der Waals surface area (Å²) in [6, 6.07) is 0. The summed E-state index contributed by atoms with van der Waals surface area (Å²) in [7, 11) is 0. The molecule has 0 aromatic carbocycles. The van der Waals surface area contributed by atoms with Gasteiger partial charge in [0.15, 0.2) is 0 Å². The van der Waals surface area contributed by atoms with Gasteiger partial charge in [-0.15, -0.1) is 0 Å². The van der Waals surface area contributed by atoms with Crippen molar-refractivity contribution in [3.8, 4) is 0 Å². The van der Waals surface area contributed by atoms with E-state index in [1.54, 1.807) is 11.8 Å². The highest BCUT2D eigenvalue weighted by molar-refractivity contribution is 7.99. The quantitative estimate of drug-likeness (QED) is 0.0511. The van der Waals surface area contributed by atoms with E-state index in [1.807, 2.05) is 0 Å². The number of hydrogen-bond donors (Lipinski definition) is 0. The third kappa shape index (κ3) is 37.4. The zero-order chi connectivity index (χ0) is 31.3. The first kappa shape index (κ1) is 42.3. The van der Waals surface area contributed by atoms with Gasteiger partial charge >= 0.3 is 11.9 Å². The van der Waals surface area contributed by atoms with Gasteiger partial charge in [-0.1, -0.05) is 181 Å². The van der Waals surface area contributed by atoms with Crippen LogP contribution in [0.25, 0.3) is 0 Å². The molecular formula is C38H74O4S. The Kier molecular flexibility index (Phi) is 36.9. The summed E-state index contributed by atoms with van der Waals surface area (Å²) >= 11 is 1.64. The van der Waals surface area contributed by atoms with Crippen molar-refractivity contribution in [3.05, 3.63) is 0 Å². The molecule has 0 aliphatic heterocycles. The molecule has 0 aromatic rings. The van der Waals surface area contributed by atoms with E-state index in [-0.39, 0.29) is 11.9 Å². The highest BCUT2D eigenvalue weighted by Gasteiger charge is 2.06. The van der Waals surface area contributed by atoms with Crippen LogP contribution in [0.2, 0.25) is 0 Å². The normalized spacial score (nSPS) is 11.2. The summed E-state index contributed by atoms with van der Waals surface area (Å²) in [4.78, 5) is 23.8. The van der Waals surface area contributed by atoms with E-state index < -0.39 is 0 Å². The zero-order valence-electron chi connectivity index (χ0n) is 29.1. The number of hydrogen-bond acceptors (Lipinski definition) is 5. The fourth-order valence-electron chi connectivity index (χ4n) is 5.52. The Labute approximate surface area is 273 Å². The minimum Gasteiger partial charge on any atom is -0.466 e. The van der Waals surface area contributed by atoms with Crippen molar-refractivity contribution in [2.75, 3.05) is 24.7 Å². The van der Waals surface area contributed by atoms with Gasteiger partial charge in [0, 0.05) is 11.5 Å². The fraction of sp³-hybridized carbons (Fsp3) is 0.947. The molecule has 0 saturated heterocycles. The minimum absolute atomic E-state index is 0.109. The second kappa shape index (κ2) is 37.5. The molecule has 0 N–H and O–H groups in total. The van der Waals surface area contributed by atoms with E-state index in [1.165, 1.54) is 154 Å². The summed E-state index contributed by atoms with van der Waals surface area (Å²) in [5.74, 6) is 1.21. The van der Waals surface area contributed by atoms with Gasteiger partial charge in [-0.2, -0.15) is 11.8 Å². The van der Waals surface area contributed by atoms with Gasteiger partial charge < -0.3 is 9.47 Å². The lowest BCUT2D eigenvalue weighted by molar-refractivity contribution is -0.144. The average molecular weight is 627 g/mol. The van der Waals surface area contributed by atoms with Crippen LogP contribution in [-0.4, -0.2) is 36.7 Å². The summed E-state index contributed by atoms with van der Waals surface area (Å²) in [6.45, 7) is 5.65. The van der Waals surface area contributed by atoms with Crippen LogP contribution in [0, 0.1) is 0 Å². The highest BCUT2D eigenvalue weighted by Crippen LogP contribution is 2.15. The predicted molar refractivity (Wildman–Crippen MR) is 189 cm³/mol. The molecule has 0 aliphatic rings. The van der Waals surface area contributed by atoms with Crippen molar-refractivity contribution in [3.63, 3.8) is 0 Å². The molecule has 0 amide bonds. The Balaban J connectivity index is 3.25. The zero-order valence-corrected chi connectivity index (χ0v) is 29.9. The molecule has 0 aliphatic carbocycles. The van der Waals surface area contributed by atoms with E-state index in [0.29, 0.717) is 37.6 Å². The topological polar surface area (TPSA) is 52.6 Å². The molecular weight excluding hydrogens is 552 g/mol. The first-order chi connectivity index (χ1) is 21.2. The molecule has 43 heavy (non-hydrogen) atoms. The van der Waals surface area contributed by atoms with E-state index in [9.17, 15) is 9.59 Å². The van der Waals surface area contributed by atoms with Crippen LogP contribution in [0.4, 0.5) is 0 Å². The number of unbranched alkanes of at least 4 members (excludes halogenated alkanes) is 26. The molecule has 0 spiro atoms. The van der Waals surface area contributed by atoms with Gasteiger partial charge in [-0.3, -0.25) is 9.59 Å². The van der Waals surface area contributed by atoms with Crippen LogP contribution in [0.3, 0.4) is 0 Å². The monoisotopic (exact) mass is 627 g/mol. The van der Waals surface area contributed by atoms with Crippen molar-refractivity contribution in [2.24, 2.45) is 0 Å². The smallest absolute Gasteiger partial charge is 0.306 e. The number of rotatable bonds is 36. The predicted octanol–water partition coefficient (Wildman–Crippen LogP) is 12.5.